The van der Waals surface area contributed by atoms with Crippen LogP contribution in [0.5, 0.6) is 0 Å². The largest absolute Gasteiger partial charge is 0.353 e. The van der Waals surface area contributed by atoms with Crippen LogP contribution in [0, 0.1) is 0 Å². The summed E-state index contributed by atoms with van der Waals surface area (Å²) < 4.78 is 0. The van der Waals surface area contributed by atoms with Crippen LogP contribution in [0.15, 0.2) is 58.4 Å². The Hall–Kier alpha value is -1.69. The van der Waals surface area contributed by atoms with Crippen LogP contribution in [0.25, 0.3) is 0 Å². The van der Waals surface area contributed by atoms with E-state index < -0.39 is 0 Å². The van der Waals surface area contributed by atoms with Gasteiger partial charge < -0.3 is 10.2 Å². The minimum Gasteiger partial charge on any atom is -0.353 e. The van der Waals surface area contributed by atoms with E-state index in [1.165, 1.54) is 86.2 Å². The molecule has 0 radical (unpaired) electrons. The van der Waals surface area contributed by atoms with Crippen LogP contribution >= 0.6 is 23.4 Å². The van der Waals surface area contributed by atoms with E-state index in [2.05, 4.69) is 51.5 Å². The highest BCUT2D eigenvalue weighted by Crippen LogP contribution is 2.28. The predicted molar refractivity (Wildman–Crippen MR) is 159 cm³/mol. The van der Waals surface area contributed by atoms with Crippen molar-refractivity contribution in [1.82, 2.24) is 15.1 Å². The van der Waals surface area contributed by atoms with E-state index in [0.717, 1.165) is 43.5 Å². The Morgan fingerprint density at radius 3 is 2.24 bits per heavy atom. The van der Waals surface area contributed by atoms with Gasteiger partial charge in [0, 0.05) is 54.4 Å². The summed E-state index contributed by atoms with van der Waals surface area (Å²) in [6.07, 6.45) is 13.3. The van der Waals surface area contributed by atoms with Crippen molar-refractivity contribution in [1.29, 1.82) is 0 Å². The van der Waals surface area contributed by atoms with Gasteiger partial charge in [-0.15, -0.1) is 11.8 Å². The number of thioether (sulfide) groups is 1. The summed E-state index contributed by atoms with van der Waals surface area (Å²) in [6, 6.07) is 18.3. The smallest absolute Gasteiger partial charge is 0.194 e. The number of aliphatic imine (C=N–C) groups is 1. The van der Waals surface area contributed by atoms with E-state index in [9.17, 15) is 0 Å². The van der Waals surface area contributed by atoms with Crippen LogP contribution < -0.4 is 5.32 Å². The summed E-state index contributed by atoms with van der Waals surface area (Å²) in [5.41, 5.74) is 2.75. The number of rotatable bonds is 7. The Bertz CT molecular complexity index is 991. The first-order valence-corrected chi connectivity index (χ1v) is 15.9. The molecule has 1 saturated heterocycles. The van der Waals surface area contributed by atoms with E-state index in [1.54, 1.807) is 0 Å². The first kappa shape index (κ1) is 26.9. The van der Waals surface area contributed by atoms with Crippen LogP contribution in [-0.4, -0.2) is 54.0 Å². The lowest BCUT2D eigenvalue weighted by Gasteiger charge is -2.39. The highest BCUT2D eigenvalue weighted by molar-refractivity contribution is 7.98. The Balaban J connectivity index is 1.18. The highest BCUT2D eigenvalue weighted by atomic mass is 35.5. The van der Waals surface area contributed by atoms with Crippen molar-refractivity contribution in [3.8, 4) is 0 Å². The molecule has 4 nitrogen and oxygen atoms in total. The summed E-state index contributed by atoms with van der Waals surface area (Å²) in [5, 5.41) is 4.73. The molecule has 1 N–H and O–H groups in total. The second kappa shape index (κ2) is 13.9. The molecule has 3 fully saturated rings. The molecule has 37 heavy (non-hydrogen) atoms. The predicted octanol–water partition coefficient (Wildman–Crippen LogP) is 7.36. The maximum Gasteiger partial charge on any atom is 0.194 e. The SMILES string of the molecule is Clc1ccc(CSc2ccccc2CN2CCN(C(=NC3CCCCC3)NC3CCCCC3)CC2)cc1. The van der Waals surface area contributed by atoms with Gasteiger partial charge in [0.15, 0.2) is 5.96 Å². The van der Waals surface area contributed by atoms with Gasteiger partial charge in [0.25, 0.3) is 0 Å². The summed E-state index contributed by atoms with van der Waals surface area (Å²) in [7, 11) is 0. The number of halogens is 1. The minimum absolute atomic E-state index is 0.516. The van der Waals surface area contributed by atoms with Crippen LogP contribution in [0.3, 0.4) is 0 Å². The van der Waals surface area contributed by atoms with Crippen molar-refractivity contribution in [3.05, 3.63) is 64.7 Å². The number of hydrogen-bond donors (Lipinski definition) is 1. The van der Waals surface area contributed by atoms with Crippen molar-refractivity contribution in [2.75, 3.05) is 26.2 Å². The third-order valence-corrected chi connectivity index (χ3v) is 9.60. The molecule has 3 aliphatic rings. The molecule has 2 aliphatic carbocycles. The zero-order valence-electron chi connectivity index (χ0n) is 22.2. The second-order valence-electron chi connectivity index (χ2n) is 11.0. The third-order valence-electron chi connectivity index (χ3n) is 8.16. The molecule has 200 valence electrons. The Morgan fingerprint density at radius 2 is 1.51 bits per heavy atom. The van der Waals surface area contributed by atoms with Crippen LogP contribution in [0.4, 0.5) is 0 Å². The monoisotopic (exact) mass is 538 g/mol. The molecule has 2 saturated carbocycles. The van der Waals surface area contributed by atoms with Gasteiger partial charge in [0.05, 0.1) is 6.04 Å². The number of nitrogens with zero attached hydrogens (tertiary/aromatic N) is 3. The van der Waals surface area contributed by atoms with Crippen molar-refractivity contribution in [3.63, 3.8) is 0 Å². The van der Waals surface area contributed by atoms with Crippen LogP contribution in [-0.2, 0) is 12.3 Å². The molecule has 0 aromatic heterocycles. The lowest BCUT2D eigenvalue weighted by molar-refractivity contribution is 0.169. The lowest BCUT2D eigenvalue weighted by Crippen LogP contribution is -2.54. The van der Waals surface area contributed by atoms with Gasteiger partial charge in [-0.25, -0.2) is 4.99 Å². The van der Waals surface area contributed by atoms with E-state index in [-0.39, 0.29) is 0 Å². The number of benzene rings is 2. The first-order valence-electron chi connectivity index (χ1n) is 14.5. The molecule has 0 atom stereocenters. The van der Waals surface area contributed by atoms with Gasteiger partial charge in [-0.1, -0.05) is 80.5 Å². The summed E-state index contributed by atoms with van der Waals surface area (Å²) in [5.74, 6) is 2.17. The fraction of sp³-hybridized carbons (Fsp3) is 0.581. The molecule has 2 aromatic carbocycles. The molecule has 0 bridgehead atoms. The van der Waals surface area contributed by atoms with E-state index >= 15 is 0 Å². The van der Waals surface area contributed by atoms with Crippen LogP contribution in [0.1, 0.15) is 75.3 Å². The van der Waals surface area contributed by atoms with Crippen molar-refractivity contribution < 1.29 is 0 Å². The van der Waals surface area contributed by atoms with Gasteiger partial charge in [-0.05, 0) is 55.0 Å². The zero-order chi connectivity index (χ0) is 25.3. The summed E-state index contributed by atoms with van der Waals surface area (Å²) in [4.78, 5) is 11.9. The van der Waals surface area contributed by atoms with Gasteiger partial charge in [0.1, 0.15) is 0 Å². The number of hydrogen-bond acceptors (Lipinski definition) is 3. The average Bonchev–Trinajstić information content (AvgIpc) is 2.95. The molecule has 1 heterocycles. The molecule has 0 spiro atoms. The maximum absolute atomic E-state index is 6.06. The highest BCUT2D eigenvalue weighted by Gasteiger charge is 2.25. The number of piperazine rings is 1. The molecular formula is C31H43ClN4S. The molecule has 1 aliphatic heterocycles. The first-order chi connectivity index (χ1) is 18.2. The molecule has 2 aromatic rings. The number of nitrogens with one attached hydrogen (secondary N) is 1. The fourth-order valence-electron chi connectivity index (χ4n) is 5.90. The van der Waals surface area contributed by atoms with Gasteiger partial charge >= 0.3 is 0 Å². The van der Waals surface area contributed by atoms with Crippen molar-refractivity contribution >= 4 is 29.3 Å². The van der Waals surface area contributed by atoms with E-state index in [4.69, 9.17) is 16.6 Å². The normalized spacial score (nSPS) is 20.8. The summed E-state index contributed by atoms with van der Waals surface area (Å²) in [6.45, 7) is 5.32. The van der Waals surface area contributed by atoms with Crippen LogP contribution in [0.2, 0.25) is 5.02 Å². The molecule has 0 unspecified atom stereocenters. The molecule has 6 heteroatoms. The molecule has 5 rings (SSSR count). The van der Waals surface area contributed by atoms with Crippen molar-refractivity contribution in [2.45, 2.75) is 93.5 Å². The second-order valence-corrected chi connectivity index (χ2v) is 12.5. The Kier molecular flexibility index (Phi) is 10.1. The minimum atomic E-state index is 0.516. The zero-order valence-corrected chi connectivity index (χ0v) is 23.8. The fourth-order valence-corrected chi connectivity index (χ4v) is 7.03. The Labute approximate surface area is 233 Å². The Morgan fingerprint density at radius 1 is 0.838 bits per heavy atom. The third kappa shape index (κ3) is 8.15. The molecular weight excluding hydrogens is 496 g/mol. The quantitative estimate of drug-likeness (QED) is 0.226. The standard InChI is InChI=1S/C31H43ClN4S/c32-27-17-15-25(16-18-27)24-37-30-14-8-7-9-26(30)23-35-19-21-36(22-20-35)31(33-28-10-3-1-4-11-28)34-29-12-5-2-6-13-29/h7-9,14-18,28-29H,1-6,10-13,19-24H2,(H,33,34). The average molecular weight is 539 g/mol. The maximum atomic E-state index is 6.06. The number of guanidine groups is 1. The molecule has 0 amide bonds. The van der Waals surface area contributed by atoms with Gasteiger partial charge in [-0.3, -0.25) is 4.90 Å². The topological polar surface area (TPSA) is 30.9 Å². The van der Waals surface area contributed by atoms with E-state index in [1.807, 2.05) is 23.9 Å². The van der Waals surface area contributed by atoms with Gasteiger partial charge in [0.2, 0.25) is 0 Å². The van der Waals surface area contributed by atoms with E-state index in [0.29, 0.717) is 12.1 Å². The van der Waals surface area contributed by atoms with Gasteiger partial charge in [-0.2, -0.15) is 0 Å². The van der Waals surface area contributed by atoms with Crippen molar-refractivity contribution in [2.24, 2.45) is 4.99 Å². The summed E-state index contributed by atoms with van der Waals surface area (Å²) >= 11 is 7.99. The lowest BCUT2D eigenvalue weighted by atomic mass is 9.95.